The zero-order chi connectivity index (χ0) is 9.26. The summed E-state index contributed by atoms with van der Waals surface area (Å²) in [5.74, 6) is 2.72. The van der Waals surface area contributed by atoms with Gasteiger partial charge in [0.15, 0.2) is 0 Å². The number of ketones is 1. The van der Waals surface area contributed by atoms with E-state index in [1.807, 2.05) is 0 Å². The van der Waals surface area contributed by atoms with E-state index in [9.17, 15) is 4.79 Å². The predicted octanol–water partition coefficient (Wildman–Crippen LogP) is 3.18. The molecule has 0 spiro atoms. The summed E-state index contributed by atoms with van der Waals surface area (Å²) in [6, 6.07) is 0. The quantitative estimate of drug-likeness (QED) is 0.605. The van der Waals surface area contributed by atoms with Crippen molar-refractivity contribution in [3.05, 3.63) is 0 Å². The van der Waals surface area contributed by atoms with Crippen LogP contribution in [0.2, 0.25) is 0 Å². The number of hydrogen-bond donors (Lipinski definition) is 0. The first-order chi connectivity index (χ1) is 6.27. The van der Waals surface area contributed by atoms with Crippen LogP contribution >= 0.6 is 0 Å². The number of carbonyl (C=O) groups is 1. The van der Waals surface area contributed by atoms with E-state index in [2.05, 4.69) is 6.92 Å². The van der Waals surface area contributed by atoms with Crippen molar-refractivity contribution in [1.29, 1.82) is 0 Å². The molecule has 0 aromatic rings. The van der Waals surface area contributed by atoms with E-state index >= 15 is 0 Å². The SMILES string of the molecule is CC1CC(C2CCCC2)CCC1=O. The Labute approximate surface area is 80.9 Å². The number of rotatable bonds is 1. The van der Waals surface area contributed by atoms with Crippen LogP contribution in [-0.4, -0.2) is 5.78 Å². The summed E-state index contributed by atoms with van der Waals surface area (Å²) in [6.07, 6.45) is 8.98. The Morgan fingerprint density at radius 1 is 1.08 bits per heavy atom. The Kier molecular flexibility index (Phi) is 2.71. The molecule has 2 rings (SSSR count). The minimum atomic E-state index is 0.361. The fourth-order valence-electron chi connectivity index (χ4n) is 3.13. The third-order valence-electron chi connectivity index (χ3n) is 4.03. The molecule has 0 aliphatic heterocycles. The summed E-state index contributed by atoms with van der Waals surface area (Å²) in [4.78, 5) is 11.4. The molecule has 2 saturated carbocycles. The topological polar surface area (TPSA) is 17.1 Å². The van der Waals surface area contributed by atoms with Crippen LogP contribution < -0.4 is 0 Å². The molecule has 2 aliphatic rings. The second-order valence-electron chi connectivity index (χ2n) is 4.95. The van der Waals surface area contributed by atoms with Crippen LogP contribution in [0, 0.1) is 17.8 Å². The zero-order valence-electron chi connectivity index (χ0n) is 8.59. The first-order valence-corrected chi connectivity index (χ1v) is 5.80. The van der Waals surface area contributed by atoms with Gasteiger partial charge in [0.25, 0.3) is 0 Å². The molecule has 2 aliphatic carbocycles. The lowest BCUT2D eigenvalue weighted by Gasteiger charge is -2.30. The van der Waals surface area contributed by atoms with Crippen molar-refractivity contribution in [2.45, 2.75) is 51.9 Å². The van der Waals surface area contributed by atoms with E-state index in [1.165, 1.54) is 38.5 Å². The van der Waals surface area contributed by atoms with Crippen molar-refractivity contribution in [2.75, 3.05) is 0 Å². The molecule has 0 radical (unpaired) electrons. The molecule has 2 atom stereocenters. The van der Waals surface area contributed by atoms with E-state index in [-0.39, 0.29) is 0 Å². The second kappa shape index (κ2) is 3.81. The summed E-state index contributed by atoms with van der Waals surface area (Å²) >= 11 is 0. The lowest BCUT2D eigenvalue weighted by atomic mass is 9.74. The molecule has 0 N–H and O–H groups in total. The molecule has 1 nitrogen and oxygen atoms in total. The average molecular weight is 180 g/mol. The van der Waals surface area contributed by atoms with Crippen molar-refractivity contribution < 1.29 is 4.79 Å². The van der Waals surface area contributed by atoms with E-state index in [0.717, 1.165) is 18.3 Å². The molecule has 0 aromatic carbocycles. The molecule has 0 heterocycles. The molecular weight excluding hydrogens is 160 g/mol. The second-order valence-corrected chi connectivity index (χ2v) is 4.95. The normalized spacial score (nSPS) is 36.8. The minimum Gasteiger partial charge on any atom is -0.299 e. The van der Waals surface area contributed by atoms with Crippen LogP contribution in [0.5, 0.6) is 0 Å². The van der Waals surface area contributed by atoms with Gasteiger partial charge in [-0.3, -0.25) is 4.79 Å². The van der Waals surface area contributed by atoms with Gasteiger partial charge in [0.1, 0.15) is 5.78 Å². The van der Waals surface area contributed by atoms with Gasteiger partial charge in [-0.05, 0) is 24.7 Å². The lowest BCUT2D eigenvalue weighted by Crippen LogP contribution is -2.26. The predicted molar refractivity (Wildman–Crippen MR) is 53.5 cm³/mol. The van der Waals surface area contributed by atoms with Crippen LogP contribution in [-0.2, 0) is 4.79 Å². The van der Waals surface area contributed by atoms with Gasteiger partial charge in [-0.15, -0.1) is 0 Å². The summed E-state index contributed by atoms with van der Waals surface area (Å²) in [5, 5.41) is 0. The summed E-state index contributed by atoms with van der Waals surface area (Å²) in [5.41, 5.74) is 0. The van der Waals surface area contributed by atoms with Gasteiger partial charge in [0.2, 0.25) is 0 Å². The fourth-order valence-corrected chi connectivity index (χ4v) is 3.13. The van der Waals surface area contributed by atoms with Crippen LogP contribution in [0.4, 0.5) is 0 Å². The van der Waals surface area contributed by atoms with Gasteiger partial charge in [0.05, 0.1) is 0 Å². The third kappa shape index (κ3) is 1.95. The van der Waals surface area contributed by atoms with Crippen LogP contribution in [0.1, 0.15) is 51.9 Å². The Morgan fingerprint density at radius 2 is 1.77 bits per heavy atom. The summed E-state index contributed by atoms with van der Waals surface area (Å²) in [6.45, 7) is 2.11. The summed E-state index contributed by atoms with van der Waals surface area (Å²) < 4.78 is 0. The Bertz CT molecular complexity index is 191. The standard InChI is InChI=1S/C12H20O/c1-9-8-11(6-7-12(9)13)10-4-2-3-5-10/h9-11H,2-8H2,1H3. The number of Topliss-reactive ketones (excluding diaryl/α,β-unsaturated/α-hetero) is 1. The van der Waals surface area contributed by atoms with Crippen molar-refractivity contribution >= 4 is 5.78 Å². The Balaban J connectivity index is 1.90. The Hall–Kier alpha value is -0.330. The molecule has 0 bridgehead atoms. The molecular formula is C12H20O. The van der Waals surface area contributed by atoms with Crippen LogP contribution in [0.25, 0.3) is 0 Å². The molecule has 0 amide bonds. The van der Waals surface area contributed by atoms with Crippen molar-refractivity contribution in [3.8, 4) is 0 Å². The highest BCUT2D eigenvalue weighted by atomic mass is 16.1. The highest BCUT2D eigenvalue weighted by Crippen LogP contribution is 2.39. The Morgan fingerprint density at radius 3 is 2.38 bits per heavy atom. The first kappa shape index (κ1) is 9.23. The minimum absolute atomic E-state index is 0.361. The van der Waals surface area contributed by atoms with Crippen molar-refractivity contribution in [1.82, 2.24) is 0 Å². The van der Waals surface area contributed by atoms with E-state index in [0.29, 0.717) is 11.7 Å². The number of carbonyl (C=O) groups excluding carboxylic acids is 1. The maximum absolute atomic E-state index is 11.4. The fraction of sp³-hybridized carbons (Fsp3) is 0.917. The van der Waals surface area contributed by atoms with Gasteiger partial charge in [-0.1, -0.05) is 32.6 Å². The van der Waals surface area contributed by atoms with Gasteiger partial charge >= 0.3 is 0 Å². The molecule has 0 saturated heterocycles. The highest BCUT2D eigenvalue weighted by Gasteiger charge is 2.31. The van der Waals surface area contributed by atoms with Gasteiger partial charge < -0.3 is 0 Å². The average Bonchev–Trinajstić information content (AvgIpc) is 2.62. The van der Waals surface area contributed by atoms with Crippen LogP contribution in [0.3, 0.4) is 0 Å². The largest absolute Gasteiger partial charge is 0.299 e. The van der Waals surface area contributed by atoms with E-state index in [1.54, 1.807) is 0 Å². The molecule has 74 valence electrons. The van der Waals surface area contributed by atoms with Crippen molar-refractivity contribution in [3.63, 3.8) is 0 Å². The zero-order valence-corrected chi connectivity index (χ0v) is 8.59. The summed E-state index contributed by atoms with van der Waals surface area (Å²) in [7, 11) is 0. The molecule has 1 heteroatoms. The maximum atomic E-state index is 11.4. The molecule has 2 unspecified atom stereocenters. The van der Waals surface area contributed by atoms with Gasteiger partial charge in [-0.25, -0.2) is 0 Å². The lowest BCUT2D eigenvalue weighted by molar-refractivity contribution is -0.125. The van der Waals surface area contributed by atoms with E-state index < -0.39 is 0 Å². The van der Waals surface area contributed by atoms with E-state index in [4.69, 9.17) is 0 Å². The van der Waals surface area contributed by atoms with Gasteiger partial charge in [-0.2, -0.15) is 0 Å². The smallest absolute Gasteiger partial charge is 0.135 e. The molecule has 13 heavy (non-hydrogen) atoms. The maximum Gasteiger partial charge on any atom is 0.135 e. The number of hydrogen-bond acceptors (Lipinski definition) is 1. The molecule has 0 aromatic heterocycles. The van der Waals surface area contributed by atoms with Gasteiger partial charge in [0, 0.05) is 12.3 Å². The monoisotopic (exact) mass is 180 g/mol. The van der Waals surface area contributed by atoms with Crippen molar-refractivity contribution in [2.24, 2.45) is 17.8 Å². The third-order valence-corrected chi connectivity index (χ3v) is 4.03. The molecule has 2 fully saturated rings. The first-order valence-electron chi connectivity index (χ1n) is 5.80. The van der Waals surface area contributed by atoms with Crippen LogP contribution in [0.15, 0.2) is 0 Å². The highest BCUT2D eigenvalue weighted by molar-refractivity contribution is 5.81.